The number of anilines is 1. The number of benzene rings is 2. The van der Waals surface area contributed by atoms with E-state index in [4.69, 9.17) is 9.97 Å². The average Bonchev–Trinajstić information content (AvgIpc) is 2.92. The van der Waals surface area contributed by atoms with Crippen LogP contribution in [0.15, 0.2) is 67.0 Å². The maximum Gasteiger partial charge on any atom is 0.322 e. The number of pyridine rings is 1. The van der Waals surface area contributed by atoms with Crippen molar-refractivity contribution in [1.29, 1.82) is 5.26 Å². The van der Waals surface area contributed by atoms with Gasteiger partial charge >= 0.3 is 6.03 Å². The maximum atomic E-state index is 13.3. The lowest BCUT2D eigenvalue weighted by Crippen LogP contribution is -2.39. The Labute approximate surface area is 210 Å². The summed E-state index contributed by atoms with van der Waals surface area (Å²) in [4.78, 5) is 29.1. The average molecular weight is 475 g/mol. The first kappa shape index (κ1) is 23.2. The zero-order valence-corrected chi connectivity index (χ0v) is 20.3. The van der Waals surface area contributed by atoms with Gasteiger partial charge in [0.15, 0.2) is 5.82 Å². The van der Waals surface area contributed by atoms with E-state index >= 15 is 0 Å². The standard InChI is InChI=1S/C29H26N6O/c1-3-20-13-21(16-30)15-23(14-20)32-29(36)35-12-10-26-25(18-35)27(24-9-5-4-7-19(24)2)34-28(33-26)22-8-6-11-31-17-22/h4-9,11,13-15,17H,3,10,12,18H2,1-2H3,(H,32,36). The minimum Gasteiger partial charge on any atom is -0.320 e. The number of hydrogen-bond acceptors (Lipinski definition) is 5. The van der Waals surface area contributed by atoms with Crippen molar-refractivity contribution in [3.05, 3.63) is 94.9 Å². The minimum atomic E-state index is -0.204. The first-order valence-corrected chi connectivity index (χ1v) is 12.0. The van der Waals surface area contributed by atoms with E-state index in [1.54, 1.807) is 23.4 Å². The summed E-state index contributed by atoms with van der Waals surface area (Å²) < 4.78 is 0. The summed E-state index contributed by atoms with van der Waals surface area (Å²) >= 11 is 0. The van der Waals surface area contributed by atoms with E-state index in [0.29, 0.717) is 36.6 Å². The van der Waals surface area contributed by atoms with Crippen molar-refractivity contribution in [3.8, 4) is 28.7 Å². The smallest absolute Gasteiger partial charge is 0.320 e. The van der Waals surface area contributed by atoms with Crippen LogP contribution in [0, 0.1) is 18.3 Å². The summed E-state index contributed by atoms with van der Waals surface area (Å²) in [5.41, 5.74) is 7.91. The fourth-order valence-corrected chi connectivity index (χ4v) is 4.51. The highest BCUT2D eigenvalue weighted by Crippen LogP contribution is 2.32. The lowest BCUT2D eigenvalue weighted by molar-refractivity contribution is 0.206. The Bertz CT molecular complexity index is 1480. The summed E-state index contributed by atoms with van der Waals surface area (Å²) in [5, 5.41) is 12.3. The normalized spacial score (nSPS) is 12.5. The lowest BCUT2D eigenvalue weighted by Gasteiger charge is -2.30. The SMILES string of the molecule is CCc1cc(C#N)cc(NC(=O)N2CCc3nc(-c4cccnc4)nc(-c4ccccc4C)c3C2)c1. The van der Waals surface area contributed by atoms with Crippen LogP contribution in [-0.2, 0) is 19.4 Å². The van der Waals surface area contributed by atoms with Crippen molar-refractivity contribution < 1.29 is 4.79 Å². The molecular formula is C29H26N6O. The van der Waals surface area contributed by atoms with E-state index in [0.717, 1.165) is 45.6 Å². The van der Waals surface area contributed by atoms with E-state index in [9.17, 15) is 10.1 Å². The predicted molar refractivity (Wildman–Crippen MR) is 139 cm³/mol. The molecule has 4 aromatic rings. The Morgan fingerprint density at radius 3 is 2.75 bits per heavy atom. The van der Waals surface area contributed by atoms with Crippen LogP contribution < -0.4 is 5.32 Å². The zero-order chi connectivity index (χ0) is 25.1. The number of nitrogens with one attached hydrogen (secondary N) is 1. The summed E-state index contributed by atoms with van der Waals surface area (Å²) in [6.45, 7) is 5.02. The molecule has 178 valence electrons. The van der Waals surface area contributed by atoms with E-state index in [1.165, 1.54) is 0 Å². The Morgan fingerprint density at radius 1 is 1.14 bits per heavy atom. The van der Waals surface area contributed by atoms with Crippen LogP contribution in [0.5, 0.6) is 0 Å². The monoisotopic (exact) mass is 474 g/mol. The third-order valence-electron chi connectivity index (χ3n) is 6.45. The highest BCUT2D eigenvalue weighted by molar-refractivity contribution is 5.90. The molecule has 0 saturated heterocycles. The molecule has 0 spiro atoms. The molecule has 1 aliphatic heterocycles. The van der Waals surface area contributed by atoms with Gasteiger partial charge in [-0.25, -0.2) is 14.8 Å². The number of fused-ring (bicyclic) bond motifs is 1. The van der Waals surface area contributed by atoms with Crippen LogP contribution in [0.2, 0.25) is 0 Å². The number of urea groups is 1. The molecule has 7 heteroatoms. The predicted octanol–water partition coefficient (Wildman–Crippen LogP) is 5.54. The van der Waals surface area contributed by atoms with Crippen LogP contribution in [0.25, 0.3) is 22.6 Å². The molecule has 2 aromatic carbocycles. The third kappa shape index (κ3) is 4.66. The highest BCUT2D eigenvalue weighted by Gasteiger charge is 2.27. The Kier molecular flexibility index (Phi) is 6.42. The van der Waals surface area contributed by atoms with Crippen LogP contribution >= 0.6 is 0 Å². The minimum absolute atomic E-state index is 0.204. The van der Waals surface area contributed by atoms with Gasteiger partial charge in [-0.2, -0.15) is 5.26 Å². The number of aryl methyl sites for hydroxylation is 2. The Hall–Kier alpha value is -4.57. The van der Waals surface area contributed by atoms with Gasteiger partial charge in [-0.3, -0.25) is 4.98 Å². The first-order valence-electron chi connectivity index (χ1n) is 12.0. The van der Waals surface area contributed by atoms with Gasteiger partial charge in [0.25, 0.3) is 0 Å². The molecule has 1 N–H and O–H groups in total. The van der Waals surface area contributed by atoms with Crippen LogP contribution in [0.1, 0.15) is 34.9 Å². The Morgan fingerprint density at radius 2 is 2.00 bits per heavy atom. The second-order valence-corrected chi connectivity index (χ2v) is 8.86. The van der Waals surface area contributed by atoms with Gasteiger partial charge in [-0.05, 0) is 54.8 Å². The van der Waals surface area contributed by atoms with Gasteiger partial charge in [0, 0.05) is 47.7 Å². The zero-order valence-electron chi connectivity index (χ0n) is 20.3. The summed E-state index contributed by atoms with van der Waals surface area (Å²) in [6, 6.07) is 19.4. The van der Waals surface area contributed by atoms with E-state index < -0.39 is 0 Å². The van der Waals surface area contributed by atoms with Gasteiger partial charge in [0.1, 0.15) is 0 Å². The van der Waals surface area contributed by atoms with E-state index in [2.05, 4.69) is 35.4 Å². The van der Waals surface area contributed by atoms with Crippen molar-refractivity contribution in [1.82, 2.24) is 19.9 Å². The third-order valence-corrected chi connectivity index (χ3v) is 6.45. The van der Waals surface area contributed by atoms with Gasteiger partial charge in [0.2, 0.25) is 0 Å². The summed E-state index contributed by atoms with van der Waals surface area (Å²) in [5.74, 6) is 0.637. The van der Waals surface area contributed by atoms with Crippen molar-refractivity contribution >= 4 is 11.7 Å². The topological polar surface area (TPSA) is 94.8 Å². The number of hydrogen-bond donors (Lipinski definition) is 1. The fraction of sp³-hybridized carbons (Fsp3) is 0.207. The molecule has 2 amide bonds. The lowest BCUT2D eigenvalue weighted by atomic mass is 9.96. The van der Waals surface area contributed by atoms with Gasteiger partial charge in [-0.15, -0.1) is 0 Å². The molecule has 0 bridgehead atoms. The fourth-order valence-electron chi connectivity index (χ4n) is 4.51. The van der Waals surface area contributed by atoms with Crippen LogP contribution in [-0.4, -0.2) is 32.4 Å². The molecule has 0 fully saturated rings. The molecule has 1 aliphatic rings. The van der Waals surface area contributed by atoms with Crippen molar-refractivity contribution in [2.45, 2.75) is 33.2 Å². The van der Waals surface area contributed by atoms with Gasteiger partial charge in [0.05, 0.1) is 29.6 Å². The molecular weight excluding hydrogens is 448 g/mol. The van der Waals surface area contributed by atoms with Gasteiger partial charge < -0.3 is 10.2 Å². The number of aromatic nitrogens is 3. The molecule has 5 rings (SSSR count). The molecule has 0 aliphatic carbocycles. The first-order chi connectivity index (χ1) is 17.6. The van der Waals surface area contributed by atoms with E-state index in [-0.39, 0.29) is 6.03 Å². The van der Waals surface area contributed by atoms with Gasteiger partial charge in [-0.1, -0.05) is 31.2 Å². The number of nitriles is 1. The van der Waals surface area contributed by atoms with Crippen LogP contribution in [0.3, 0.4) is 0 Å². The van der Waals surface area contributed by atoms with Crippen LogP contribution in [0.4, 0.5) is 10.5 Å². The highest BCUT2D eigenvalue weighted by atomic mass is 16.2. The molecule has 0 saturated carbocycles. The molecule has 7 nitrogen and oxygen atoms in total. The Balaban J connectivity index is 1.50. The molecule has 0 unspecified atom stereocenters. The number of rotatable bonds is 4. The molecule has 0 atom stereocenters. The summed E-state index contributed by atoms with van der Waals surface area (Å²) in [6.07, 6.45) is 4.91. The summed E-state index contributed by atoms with van der Waals surface area (Å²) in [7, 11) is 0. The molecule has 2 aromatic heterocycles. The second-order valence-electron chi connectivity index (χ2n) is 8.86. The van der Waals surface area contributed by atoms with Crippen molar-refractivity contribution in [3.63, 3.8) is 0 Å². The van der Waals surface area contributed by atoms with Crippen molar-refractivity contribution in [2.75, 3.05) is 11.9 Å². The van der Waals surface area contributed by atoms with Crippen molar-refractivity contribution in [2.24, 2.45) is 0 Å². The quantitative estimate of drug-likeness (QED) is 0.419. The molecule has 36 heavy (non-hydrogen) atoms. The van der Waals surface area contributed by atoms with E-state index in [1.807, 2.05) is 43.3 Å². The molecule has 3 heterocycles. The number of carbonyl (C=O) groups is 1. The number of carbonyl (C=O) groups excluding carboxylic acids is 1. The second kappa shape index (κ2) is 9.96. The number of amides is 2. The largest absolute Gasteiger partial charge is 0.322 e. The molecule has 0 radical (unpaired) electrons. The number of nitrogens with zero attached hydrogens (tertiary/aromatic N) is 5. The maximum absolute atomic E-state index is 13.3.